The maximum atomic E-state index is 12.6. The summed E-state index contributed by atoms with van der Waals surface area (Å²) in [7, 11) is 0. The molecule has 136 valence electrons. The molecule has 0 radical (unpaired) electrons. The van der Waals surface area contributed by atoms with E-state index in [1.807, 2.05) is 48.5 Å². The van der Waals surface area contributed by atoms with Crippen LogP contribution < -0.4 is 5.32 Å². The Kier molecular flexibility index (Phi) is 5.91. The van der Waals surface area contributed by atoms with Gasteiger partial charge in [0.05, 0.1) is 12.6 Å². The minimum absolute atomic E-state index is 0.0703. The molecule has 0 saturated carbocycles. The van der Waals surface area contributed by atoms with E-state index in [0.717, 1.165) is 17.5 Å². The van der Waals surface area contributed by atoms with E-state index >= 15 is 0 Å². The standard InChI is InChI=1S/C20H21ClN2O3/c21-16-9-4-8-15(12-16)19(14-6-2-1-3-7-14)22-18(24)13-23-11-5-10-17(23)20(25)26/h1-4,6-9,12,17,19H,5,10-11,13H2,(H,22,24)(H,25,26)/t17-,19-/m0/s1. The van der Waals surface area contributed by atoms with Gasteiger partial charge in [0, 0.05) is 5.02 Å². The maximum absolute atomic E-state index is 12.6. The van der Waals surface area contributed by atoms with Gasteiger partial charge in [0.2, 0.25) is 5.91 Å². The summed E-state index contributed by atoms with van der Waals surface area (Å²) in [5.41, 5.74) is 1.83. The number of nitrogens with one attached hydrogen (secondary N) is 1. The van der Waals surface area contributed by atoms with Crippen LogP contribution in [0, 0.1) is 0 Å². The van der Waals surface area contributed by atoms with Crippen LogP contribution in [0.15, 0.2) is 54.6 Å². The molecule has 0 bridgehead atoms. The van der Waals surface area contributed by atoms with Gasteiger partial charge in [-0.2, -0.15) is 0 Å². The molecule has 2 atom stereocenters. The number of hydrogen-bond donors (Lipinski definition) is 2. The largest absolute Gasteiger partial charge is 0.480 e. The summed E-state index contributed by atoms with van der Waals surface area (Å²) in [4.78, 5) is 25.7. The molecule has 2 N–H and O–H groups in total. The molecule has 0 spiro atoms. The van der Waals surface area contributed by atoms with Crippen molar-refractivity contribution in [3.05, 3.63) is 70.7 Å². The average molecular weight is 373 g/mol. The van der Waals surface area contributed by atoms with Gasteiger partial charge in [-0.05, 0) is 42.6 Å². The first-order valence-corrected chi connectivity index (χ1v) is 8.99. The molecule has 1 aliphatic rings. The molecular weight excluding hydrogens is 352 g/mol. The minimum Gasteiger partial charge on any atom is -0.480 e. The van der Waals surface area contributed by atoms with Crippen LogP contribution in [-0.2, 0) is 9.59 Å². The minimum atomic E-state index is -0.871. The van der Waals surface area contributed by atoms with Crippen molar-refractivity contribution in [2.24, 2.45) is 0 Å². The molecule has 26 heavy (non-hydrogen) atoms. The molecule has 0 aromatic heterocycles. The SMILES string of the molecule is O=C(CN1CCC[C@H]1C(=O)O)N[C@@H](c1ccccc1)c1cccc(Cl)c1. The van der Waals surface area contributed by atoms with Crippen molar-refractivity contribution >= 4 is 23.5 Å². The number of carboxylic acid groups (broad SMARTS) is 1. The van der Waals surface area contributed by atoms with E-state index in [1.54, 1.807) is 11.0 Å². The van der Waals surface area contributed by atoms with Crippen molar-refractivity contribution in [3.8, 4) is 0 Å². The quantitative estimate of drug-likeness (QED) is 0.817. The lowest BCUT2D eigenvalue weighted by molar-refractivity contribution is -0.142. The van der Waals surface area contributed by atoms with E-state index in [9.17, 15) is 14.7 Å². The second-order valence-electron chi connectivity index (χ2n) is 6.43. The summed E-state index contributed by atoms with van der Waals surface area (Å²) in [5, 5.41) is 12.9. The molecule has 6 heteroatoms. The topological polar surface area (TPSA) is 69.6 Å². The number of likely N-dealkylation sites (tertiary alicyclic amines) is 1. The van der Waals surface area contributed by atoms with E-state index in [2.05, 4.69) is 5.32 Å². The van der Waals surface area contributed by atoms with Crippen molar-refractivity contribution in [2.75, 3.05) is 13.1 Å². The van der Waals surface area contributed by atoms with Gasteiger partial charge in [-0.25, -0.2) is 0 Å². The second-order valence-corrected chi connectivity index (χ2v) is 6.87. The summed E-state index contributed by atoms with van der Waals surface area (Å²) in [6.45, 7) is 0.693. The molecule has 1 saturated heterocycles. The number of nitrogens with zero attached hydrogens (tertiary/aromatic N) is 1. The number of halogens is 1. The zero-order chi connectivity index (χ0) is 18.5. The highest BCUT2D eigenvalue weighted by Crippen LogP contribution is 2.25. The third kappa shape index (κ3) is 4.42. The van der Waals surface area contributed by atoms with Gasteiger partial charge in [0.1, 0.15) is 6.04 Å². The Hall–Kier alpha value is -2.37. The van der Waals surface area contributed by atoms with E-state index in [1.165, 1.54) is 0 Å². The first-order valence-electron chi connectivity index (χ1n) is 8.61. The molecule has 2 aromatic carbocycles. The Bertz CT molecular complexity index is 782. The number of amides is 1. The number of carbonyl (C=O) groups is 2. The smallest absolute Gasteiger partial charge is 0.320 e. The van der Waals surface area contributed by atoms with Gasteiger partial charge < -0.3 is 10.4 Å². The summed E-state index contributed by atoms with van der Waals surface area (Å²) in [6.07, 6.45) is 1.37. The third-order valence-electron chi connectivity index (χ3n) is 4.62. The molecule has 2 aromatic rings. The third-order valence-corrected chi connectivity index (χ3v) is 4.85. The fraction of sp³-hybridized carbons (Fsp3) is 0.300. The highest BCUT2D eigenvalue weighted by Gasteiger charge is 2.32. The van der Waals surface area contributed by atoms with Crippen LogP contribution >= 0.6 is 11.6 Å². The van der Waals surface area contributed by atoms with Crippen LogP contribution in [0.5, 0.6) is 0 Å². The Labute approximate surface area is 157 Å². The molecule has 1 fully saturated rings. The summed E-state index contributed by atoms with van der Waals surface area (Å²) in [6, 6.07) is 16.1. The Morgan fingerprint density at radius 3 is 2.58 bits per heavy atom. The van der Waals surface area contributed by atoms with Crippen molar-refractivity contribution < 1.29 is 14.7 Å². The second kappa shape index (κ2) is 8.34. The van der Waals surface area contributed by atoms with Crippen LogP contribution in [-0.4, -0.2) is 41.0 Å². The van der Waals surface area contributed by atoms with Crippen LogP contribution in [0.2, 0.25) is 5.02 Å². The van der Waals surface area contributed by atoms with Crippen LogP contribution in [0.4, 0.5) is 0 Å². The lowest BCUT2D eigenvalue weighted by Gasteiger charge is -2.24. The fourth-order valence-electron chi connectivity index (χ4n) is 3.38. The van der Waals surface area contributed by atoms with E-state index in [0.29, 0.717) is 18.0 Å². The first kappa shape index (κ1) is 18.4. The number of carboxylic acids is 1. The Balaban J connectivity index is 1.78. The van der Waals surface area contributed by atoms with Crippen LogP contribution in [0.25, 0.3) is 0 Å². The van der Waals surface area contributed by atoms with Gasteiger partial charge in [-0.3, -0.25) is 14.5 Å². The van der Waals surface area contributed by atoms with Crippen molar-refractivity contribution in [3.63, 3.8) is 0 Å². The average Bonchev–Trinajstić information content (AvgIpc) is 3.09. The lowest BCUT2D eigenvalue weighted by atomic mass is 9.98. The van der Waals surface area contributed by atoms with E-state index in [-0.39, 0.29) is 18.5 Å². The molecule has 0 aliphatic carbocycles. The van der Waals surface area contributed by atoms with Gasteiger partial charge in [-0.1, -0.05) is 54.1 Å². The van der Waals surface area contributed by atoms with Crippen molar-refractivity contribution in [2.45, 2.75) is 24.9 Å². The van der Waals surface area contributed by atoms with Gasteiger partial charge in [0.25, 0.3) is 0 Å². The summed E-state index contributed by atoms with van der Waals surface area (Å²) >= 11 is 6.12. The van der Waals surface area contributed by atoms with Crippen molar-refractivity contribution in [1.82, 2.24) is 10.2 Å². The number of hydrogen-bond acceptors (Lipinski definition) is 3. The molecule has 3 rings (SSSR count). The lowest BCUT2D eigenvalue weighted by Crippen LogP contribution is -2.43. The van der Waals surface area contributed by atoms with E-state index in [4.69, 9.17) is 11.6 Å². The van der Waals surface area contributed by atoms with E-state index < -0.39 is 12.0 Å². The molecule has 1 amide bonds. The molecule has 0 unspecified atom stereocenters. The monoisotopic (exact) mass is 372 g/mol. The molecule has 1 aliphatic heterocycles. The highest BCUT2D eigenvalue weighted by atomic mass is 35.5. The van der Waals surface area contributed by atoms with Crippen molar-refractivity contribution in [1.29, 1.82) is 0 Å². The predicted molar refractivity (Wildman–Crippen MR) is 100 cm³/mol. The summed E-state index contributed by atoms with van der Waals surface area (Å²) in [5.74, 6) is -1.07. The van der Waals surface area contributed by atoms with Crippen LogP contribution in [0.3, 0.4) is 0 Å². The zero-order valence-electron chi connectivity index (χ0n) is 14.3. The summed E-state index contributed by atoms with van der Waals surface area (Å²) < 4.78 is 0. The molecular formula is C20H21ClN2O3. The number of aliphatic carboxylic acids is 1. The Morgan fingerprint density at radius 2 is 1.88 bits per heavy atom. The maximum Gasteiger partial charge on any atom is 0.320 e. The molecule has 5 nitrogen and oxygen atoms in total. The Morgan fingerprint density at radius 1 is 1.15 bits per heavy atom. The first-order chi connectivity index (χ1) is 12.5. The van der Waals surface area contributed by atoms with Gasteiger partial charge >= 0.3 is 5.97 Å². The number of benzene rings is 2. The zero-order valence-corrected chi connectivity index (χ0v) is 15.0. The highest BCUT2D eigenvalue weighted by molar-refractivity contribution is 6.30. The number of rotatable bonds is 6. The normalized spacial score (nSPS) is 18.4. The predicted octanol–water partition coefficient (Wildman–Crippen LogP) is 3.09. The number of carbonyl (C=O) groups excluding carboxylic acids is 1. The van der Waals surface area contributed by atoms with Gasteiger partial charge in [-0.15, -0.1) is 0 Å². The van der Waals surface area contributed by atoms with Gasteiger partial charge in [0.15, 0.2) is 0 Å². The fourth-order valence-corrected chi connectivity index (χ4v) is 3.58. The van der Waals surface area contributed by atoms with Crippen LogP contribution in [0.1, 0.15) is 30.0 Å². The molecule has 1 heterocycles.